The predicted molar refractivity (Wildman–Crippen MR) is 134 cm³/mol. The molecule has 16 nitrogen and oxygen atoms in total. The monoisotopic (exact) mass is 582 g/mol. The molecule has 2 amide bonds. The second-order valence-electron chi connectivity index (χ2n) is 8.13. The molecule has 0 radical (unpaired) electrons. The zero-order valence-electron chi connectivity index (χ0n) is 19.7. The molecule has 0 saturated heterocycles. The summed E-state index contributed by atoms with van der Waals surface area (Å²) in [6.07, 6.45) is 1.10. The Balaban J connectivity index is 1.31. The van der Waals surface area contributed by atoms with E-state index in [0.717, 1.165) is 22.8 Å². The number of azo groups is 1. The van der Waals surface area contributed by atoms with Gasteiger partial charge in [-0.3, -0.25) is 24.3 Å². The molecular formula is C22H14N8O8S2. The maximum atomic E-state index is 12.7. The van der Waals surface area contributed by atoms with E-state index in [2.05, 4.69) is 20.3 Å². The average molecular weight is 583 g/mol. The minimum atomic E-state index is -4.47. The number of nitriles is 1. The van der Waals surface area contributed by atoms with Crippen LogP contribution in [-0.2, 0) is 24.8 Å². The van der Waals surface area contributed by atoms with E-state index < -0.39 is 49.5 Å². The third kappa shape index (κ3) is 4.34. The number of hydrogen-bond acceptors (Lipinski definition) is 11. The number of rotatable bonds is 6. The van der Waals surface area contributed by atoms with E-state index in [1.165, 1.54) is 36.4 Å². The van der Waals surface area contributed by atoms with Gasteiger partial charge in [0.25, 0.3) is 43.0 Å². The number of carbonyl (C=O) groups excluding carboxylic acids is 2. The fourth-order valence-electron chi connectivity index (χ4n) is 3.76. The predicted octanol–water partition coefficient (Wildman–Crippen LogP) is 0.253. The summed E-state index contributed by atoms with van der Waals surface area (Å²) in [6.45, 7) is -1.06. The molecule has 0 unspecified atom stereocenters. The van der Waals surface area contributed by atoms with Crippen molar-refractivity contribution in [3.63, 3.8) is 0 Å². The third-order valence-electron chi connectivity index (χ3n) is 5.64. The highest BCUT2D eigenvalue weighted by Gasteiger charge is 2.42. The minimum absolute atomic E-state index is 0.0544. The van der Waals surface area contributed by atoms with Gasteiger partial charge in [0.1, 0.15) is 23.1 Å². The summed E-state index contributed by atoms with van der Waals surface area (Å²) in [5, 5.41) is 18.8. The Kier molecular flexibility index (Phi) is 6.16. The summed E-state index contributed by atoms with van der Waals surface area (Å²) in [7, 11) is -8.79. The molecule has 202 valence electrons. The zero-order chi connectivity index (χ0) is 28.8. The second kappa shape index (κ2) is 9.40. The molecule has 18 heteroatoms. The van der Waals surface area contributed by atoms with Gasteiger partial charge < -0.3 is 4.98 Å². The van der Waals surface area contributed by atoms with Gasteiger partial charge in [0.05, 0.1) is 16.1 Å². The van der Waals surface area contributed by atoms with Gasteiger partial charge in [0, 0.05) is 6.20 Å². The molecule has 1 aliphatic heterocycles. The van der Waals surface area contributed by atoms with Gasteiger partial charge in [-0.15, -0.1) is 5.11 Å². The summed E-state index contributed by atoms with van der Waals surface area (Å²) >= 11 is 0. The van der Waals surface area contributed by atoms with Gasteiger partial charge in [-0.25, -0.2) is 25.9 Å². The summed E-state index contributed by atoms with van der Waals surface area (Å²) in [5.41, 5.74) is -2.17. The smallest absolute Gasteiger partial charge is 0.294 e. The van der Waals surface area contributed by atoms with Gasteiger partial charge in [0.15, 0.2) is 11.3 Å². The van der Waals surface area contributed by atoms with Crippen LogP contribution >= 0.6 is 0 Å². The Hall–Kier alpha value is -5.41. The summed E-state index contributed by atoms with van der Waals surface area (Å²) in [5.74, 6) is -2.22. The molecule has 3 heterocycles. The molecule has 1 aliphatic rings. The van der Waals surface area contributed by atoms with Crippen LogP contribution in [0.5, 0.6) is 0 Å². The van der Waals surface area contributed by atoms with Crippen molar-refractivity contribution in [2.24, 2.45) is 10.2 Å². The van der Waals surface area contributed by atoms with Crippen molar-refractivity contribution in [1.29, 1.82) is 5.26 Å². The van der Waals surface area contributed by atoms with Gasteiger partial charge in [-0.1, -0.05) is 12.1 Å². The van der Waals surface area contributed by atoms with E-state index in [-0.39, 0.29) is 42.2 Å². The first kappa shape index (κ1) is 26.2. The number of hydrogen-bond donors (Lipinski definition) is 3. The number of H-pyrrole nitrogens is 2. The van der Waals surface area contributed by atoms with Crippen LogP contribution in [0.3, 0.4) is 0 Å². The van der Waals surface area contributed by atoms with Crippen molar-refractivity contribution >= 4 is 48.9 Å². The fourth-order valence-corrected chi connectivity index (χ4v) is 6.26. The van der Waals surface area contributed by atoms with E-state index in [0.29, 0.717) is 0 Å². The molecule has 2 aromatic carbocycles. The number of carbonyl (C=O) groups is 2. The molecule has 0 aliphatic carbocycles. The molecule has 5 rings (SSSR count). The van der Waals surface area contributed by atoms with E-state index >= 15 is 0 Å². The van der Waals surface area contributed by atoms with Gasteiger partial charge in [-0.2, -0.15) is 14.9 Å². The van der Waals surface area contributed by atoms with Crippen LogP contribution in [0.4, 0.5) is 11.4 Å². The Morgan fingerprint density at radius 3 is 2.42 bits per heavy atom. The summed E-state index contributed by atoms with van der Waals surface area (Å²) in [6, 6.07) is 11.6. The van der Waals surface area contributed by atoms with Gasteiger partial charge >= 0.3 is 0 Å². The molecule has 4 aromatic rings. The van der Waals surface area contributed by atoms with Gasteiger partial charge in [0.2, 0.25) is 0 Å². The standard InChI is InChI=1S/C22H14N8O8S2/c23-9-12-10-24-19-18(20(32)27-30(19)21(12)33)26-25-13-5-7-14(8-6-13)39(35,36)28-17(31)11-29-22(34)15-3-1-2-4-16(15)40(29,37)38/h1-8,10,24H,11H2,(H,27,32)(H,28,31). The lowest BCUT2D eigenvalue weighted by atomic mass is 10.2. The highest BCUT2D eigenvalue weighted by molar-refractivity contribution is 7.90. The van der Waals surface area contributed by atoms with E-state index in [1.54, 1.807) is 10.8 Å². The first-order chi connectivity index (χ1) is 18.9. The van der Waals surface area contributed by atoms with Crippen LogP contribution < -0.4 is 15.8 Å². The molecule has 0 saturated carbocycles. The zero-order valence-corrected chi connectivity index (χ0v) is 21.4. The number of aromatic amines is 2. The van der Waals surface area contributed by atoms with Crippen molar-refractivity contribution < 1.29 is 26.4 Å². The average Bonchev–Trinajstić information content (AvgIpc) is 3.34. The molecule has 0 spiro atoms. The largest absolute Gasteiger partial charge is 0.343 e. The SMILES string of the molecule is N#Cc1c[nH]c2c(N=Nc3ccc(S(=O)(=O)NC(=O)CN4C(=O)c5ccccc5S4(=O)=O)cc3)c(=O)[nH]n2c1=O. The maximum absolute atomic E-state index is 12.7. The first-order valence-electron chi connectivity index (χ1n) is 10.9. The lowest BCUT2D eigenvalue weighted by Crippen LogP contribution is -2.42. The highest BCUT2D eigenvalue weighted by Crippen LogP contribution is 2.29. The van der Waals surface area contributed by atoms with E-state index in [4.69, 9.17) is 5.26 Å². The number of nitrogens with one attached hydrogen (secondary N) is 3. The first-order valence-corrected chi connectivity index (χ1v) is 13.9. The second-order valence-corrected chi connectivity index (χ2v) is 11.6. The molecule has 40 heavy (non-hydrogen) atoms. The lowest BCUT2D eigenvalue weighted by Gasteiger charge is -2.15. The Morgan fingerprint density at radius 2 is 1.75 bits per heavy atom. The van der Waals surface area contributed by atoms with Gasteiger partial charge in [-0.05, 0) is 36.4 Å². The number of fused-ring (bicyclic) bond motifs is 2. The summed E-state index contributed by atoms with van der Waals surface area (Å²) < 4.78 is 53.3. The van der Waals surface area contributed by atoms with Crippen molar-refractivity contribution in [2.75, 3.05) is 6.54 Å². The van der Waals surface area contributed by atoms with Crippen LogP contribution in [0.1, 0.15) is 15.9 Å². The molecule has 2 aromatic heterocycles. The van der Waals surface area contributed by atoms with Crippen molar-refractivity contribution in [3.05, 3.63) is 86.6 Å². The van der Waals surface area contributed by atoms with Crippen LogP contribution in [0, 0.1) is 11.3 Å². The fraction of sp³-hybridized carbons (Fsp3) is 0.0455. The van der Waals surface area contributed by atoms with Crippen molar-refractivity contribution in [3.8, 4) is 6.07 Å². The van der Waals surface area contributed by atoms with Crippen molar-refractivity contribution in [2.45, 2.75) is 9.79 Å². The quantitative estimate of drug-likeness (QED) is 0.264. The molecule has 0 atom stereocenters. The maximum Gasteiger partial charge on any atom is 0.294 e. The molecule has 3 N–H and O–H groups in total. The lowest BCUT2D eigenvalue weighted by molar-refractivity contribution is -0.119. The number of nitrogens with zero attached hydrogens (tertiary/aromatic N) is 5. The number of aromatic nitrogens is 3. The topological polar surface area (TPSA) is 236 Å². The minimum Gasteiger partial charge on any atom is -0.343 e. The van der Waals surface area contributed by atoms with Crippen LogP contribution in [0.25, 0.3) is 5.65 Å². The van der Waals surface area contributed by atoms with E-state index in [9.17, 15) is 36.0 Å². The Morgan fingerprint density at radius 1 is 1.05 bits per heavy atom. The molecular weight excluding hydrogens is 568 g/mol. The van der Waals surface area contributed by atoms with Crippen LogP contribution in [0.15, 0.2) is 84.3 Å². The van der Waals surface area contributed by atoms with Crippen molar-refractivity contribution in [1.82, 2.24) is 23.6 Å². The van der Waals surface area contributed by atoms with E-state index in [1.807, 2.05) is 0 Å². The summed E-state index contributed by atoms with van der Waals surface area (Å²) in [4.78, 5) is 51.1. The highest BCUT2D eigenvalue weighted by atomic mass is 32.2. The molecule has 0 bridgehead atoms. The number of amides is 2. The molecule has 0 fully saturated rings. The normalized spacial score (nSPS) is 14.4. The Bertz CT molecular complexity index is 2140. The third-order valence-corrected chi connectivity index (χ3v) is 8.82. The Labute approximate surface area is 223 Å². The van der Waals surface area contributed by atoms with Crippen LogP contribution in [0.2, 0.25) is 0 Å². The number of benzene rings is 2. The number of sulfonamides is 2. The van der Waals surface area contributed by atoms with Crippen LogP contribution in [-0.4, -0.2) is 54.1 Å².